The number of carbonyl (C=O) groups is 1. The molecular weight excluding hydrogens is 294 g/mol. The number of imidazole rings is 1. The Bertz CT molecular complexity index is 802. The van der Waals surface area contributed by atoms with Gasteiger partial charge in [0, 0.05) is 12.4 Å². The zero-order valence-electron chi connectivity index (χ0n) is 10.7. The third kappa shape index (κ3) is 2.66. The summed E-state index contributed by atoms with van der Waals surface area (Å²) >= 11 is 5.95. The van der Waals surface area contributed by atoms with Gasteiger partial charge in [0.25, 0.3) is 0 Å². The van der Waals surface area contributed by atoms with Crippen molar-refractivity contribution in [2.24, 2.45) is 0 Å². The first-order valence-electron chi connectivity index (χ1n) is 6.08. The molecule has 0 radical (unpaired) electrons. The van der Waals surface area contributed by atoms with Gasteiger partial charge in [-0.3, -0.25) is 9.38 Å². The third-order valence-electron chi connectivity index (χ3n) is 2.88. The van der Waals surface area contributed by atoms with E-state index in [1.807, 2.05) is 0 Å². The van der Waals surface area contributed by atoms with Crippen molar-refractivity contribution in [3.8, 4) is 5.75 Å². The minimum Gasteiger partial charge on any atom is -0.484 e. The van der Waals surface area contributed by atoms with E-state index in [-0.39, 0.29) is 12.3 Å². The van der Waals surface area contributed by atoms with Crippen molar-refractivity contribution in [1.82, 2.24) is 14.4 Å². The van der Waals surface area contributed by atoms with Gasteiger partial charge in [-0.2, -0.15) is 0 Å². The Balaban J connectivity index is 1.98. The van der Waals surface area contributed by atoms with Crippen molar-refractivity contribution in [3.63, 3.8) is 0 Å². The Morgan fingerprint density at radius 3 is 2.95 bits per heavy atom. The molecule has 0 bridgehead atoms. The maximum absolute atomic E-state index is 11.2. The number of nitrogens with zero attached hydrogens (tertiary/aromatic N) is 3. The summed E-state index contributed by atoms with van der Waals surface area (Å²) in [5.74, 6) is -0.0654. The van der Waals surface area contributed by atoms with Crippen LogP contribution >= 0.6 is 11.6 Å². The predicted molar refractivity (Wildman–Crippen MR) is 75.7 cm³/mol. The number of fused-ring (bicyclic) bond motifs is 1. The fraction of sp³-hybridized carbons (Fsp3) is 0.0714. The Kier molecular flexibility index (Phi) is 3.45. The number of aromatic carboxylic acids is 1. The predicted octanol–water partition coefficient (Wildman–Crippen LogP) is 2.66. The first-order chi connectivity index (χ1) is 10.1. The molecule has 7 heteroatoms. The summed E-state index contributed by atoms with van der Waals surface area (Å²) in [7, 11) is 0. The van der Waals surface area contributed by atoms with Crippen molar-refractivity contribution in [3.05, 3.63) is 59.4 Å². The molecule has 0 unspecified atom stereocenters. The number of rotatable bonds is 4. The van der Waals surface area contributed by atoms with Crippen molar-refractivity contribution in [1.29, 1.82) is 0 Å². The molecule has 0 aliphatic carbocycles. The van der Waals surface area contributed by atoms with E-state index in [4.69, 9.17) is 16.3 Å². The van der Waals surface area contributed by atoms with E-state index in [1.165, 1.54) is 0 Å². The molecule has 0 saturated heterocycles. The molecule has 3 heterocycles. The quantitative estimate of drug-likeness (QED) is 0.802. The lowest BCUT2D eigenvalue weighted by Gasteiger charge is -2.05. The molecule has 0 aliphatic rings. The first kappa shape index (κ1) is 13.4. The van der Waals surface area contributed by atoms with Gasteiger partial charge in [-0.05, 0) is 24.3 Å². The van der Waals surface area contributed by atoms with E-state index in [1.54, 1.807) is 47.3 Å². The van der Waals surface area contributed by atoms with Crippen LogP contribution in [0.4, 0.5) is 0 Å². The van der Waals surface area contributed by atoms with Gasteiger partial charge in [0.05, 0.1) is 16.7 Å². The van der Waals surface area contributed by atoms with Gasteiger partial charge < -0.3 is 9.84 Å². The molecule has 3 rings (SSSR count). The van der Waals surface area contributed by atoms with Crippen LogP contribution in [0.2, 0.25) is 5.02 Å². The topological polar surface area (TPSA) is 76.7 Å². The fourth-order valence-electron chi connectivity index (χ4n) is 1.96. The summed E-state index contributed by atoms with van der Waals surface area (Å²) in [6, 6.07) is 6.75. The number of carboxylic acid groups (broad SMARTS) is 1. The average molecular weight is 304 g/mol. The molecule has 0 spiro atoms. The molecule has 0 atom stereocenters. The normalized spacial score (nSPS) is 10.7. The van der Waals surface area contributed by atoms with Gasteiger partial charge in [0.15, 0.2) is 11.5 Å². The summed E-state index contributed by atoms with van der Waals surface area (Å²) in [5, 5.41) is 9.68. The highest BCUT2D eigenvalue weighted by Crippen LogP contribution is 2.19. The summed E-state index contributed by atoms with van der Waals surface area (Å²) in [6.07, 6.45) is 4.82. The first-order valence-corrected chi connectivity index (χ1v) is 6.45. The monoisotopic (exact) mass is 303 g/mol. The molecule has 3 aromatic heterocycles. The second-order valence-electron chi connectivity index (χ2n) is 4.26. The second kappa shape index (κ2) is 5.41. The Morgan fingerprint density at radius 1 is 1.38 bits per heavy atom. The molecule has 21 heavy (non-hydrogen) atoms. The van der Waals surface area contributed by atoms with Gasteiger partial charge in [-0.25, -0.2) is 9.78 Å². The highest BCUT2D eigenvalue weighted by molar-refractivity contribution is 6.30. The van der Waals surface area contributed by atoms with E-state index in [9.17, 15) is 9.90 Å². The maximum atomic E-state index is 11.2. The third-order valence-corrected chi connectivity index (χ3v) is 3.10. The Morgan fingerprint density at radius 2 is 2.24 bits per heavy atom. The van der Waals surface area contributed by atoms with Crippen LogP contribution < -0.4 is 4.74 Å². The van der Waals surface area contributed by atoms with Crippen LogP contribution in [0.3, 0.4) is 0 Å². The molecule has 0 aliphatic heterocycles. The number of aromatic nitrogens is 3. The lowest BCUT2D eigenvalue weighted by atomic mass is 10.3. The van der Waals surface area contributed by atoms with Crippen LogP contribution in [-0.4, -0.2) is 25.4 Å². The number of ether oxygens (including phenoxy) is 1. The molecule has 3 aromatic rings. The highest BCUT2D eigenvalue weighted by atomic mass is 35.5. The maximum Gasteiger partial charge on any atom is 0.356 e. The van der Waals surface area contributed by atoms with Crippen molar-refractivity contribution < 1.29 is 14.6 Å². The van der Waals surface area contributed by atoms with Gasteiger partial charge >= 0.3 is 5.97 Å². The van der Waals surface area contributed by atoms with E-state index in [0.29, 0.717) is 22.1 Å². The molecule has 0 saturated carbocycles. The number of pyridine rings is 2. The number of hydrogen-bond acceptors (Lipinski definition) is 4. The van der Waals surface area contributed by atoms with Crippen molar-refractivity contribution in [2.45, 2.75) is 6.61 Å². The van der Waals surface area contributed by atoms with Gasteiger partial charge in [0.2, 0.25) is 0 Å². The molecular formula is C14H10ClN3O3. The van der Waals surface area contributed by atoms with Crippen molar-refractivity contribution in [2.75, 3.05) is 0 Å². The van der Waals surface area contributed by atoms with Gasteiger partial charge in [-0.1, -0.05) is 11.6 Å². The Hall–Kier alpha value is -2.60. The molecule has 0 fully saturated rings. The van der Waals surface area contributed by atoms with Gasteiger partial charge in [-0.15, -0.1) is 0 Å². The SMILES string of the molecule is O=C(O)c1nc(COc2cccnc2)n2cc(Cl)ccc12. The van der Waals surface area contributed by atoms with E-state index < -0.39 is 5.97 Å². The smallest absolute Gasteiger partial charge is 0.356 e. The summed E-state index contributed by atoms with van der Waals surface area (Å²) < 4.78 is 7.16. The highest BCUT2D eigenvalue weighted by Gasteiger charge is 2.17. The lowest BCUT2D eigenvalue weighted by molar-refractivity contribution is 0.0693. The molecule has 1 N–H and O–H groups in total. The molecule has 0 aromatic carbocycles. The minimum absolute atomic E-state index is 0.0311. The molecule has 6 nitrogen and oxygen atoms in total. The molecule has 0 amide bonds. The summed E-state index contributed by atoms with van der Waals surface area (Å²) in [5.41, 5.74) is 0.438. The van der Waals surface area contributed by atoms with E-state index >= 15 is 0 Å². The van der Waals surface area contributed by atoms with Crippen LogP contribution in [0, 0.1) is 0 Å². The fourth-order valence-corrected chi connectivity index (χ4v) is 2.12. The standard InChI is InChI=1S/C14H10ClN3O3/c15-9-3-4-11-13(14(19)20)17-12(18(11)7-9)8-21-10-2-1-5-16-6-10/h1-7H,8H2,(H,19,20). The largest absolute Gasteiger partial charge is 0.484 e. The molecule has 106 valence electrons. The van der Waals surface area contributed by atoms with E-state index in [0.717, 1.165) is 0 Å². The average Bonchev–Trinajstić information content (AvgIpc) is 2.84. The second-order valence-corrected chi connectivity index (χ2v) is 4.70. The van der Waals surface area contributed by atoms with Crippen molar-refractivity contribution >= 4 is 23.1 Å². The lowest BCUT2D eigenvalue weighted by Crippen LogP contribution is -2.01. The minimum atomic E-state index is -1.09. The Labute approximate surface area is 124 Å². The van der Waals surface area contributed by atoms with E-state index in [2.05, 4.69) is 9.97 Å². The summed E-state index contributed by atoms with van der Waals surface area (Å²) in [6.45, 7) is 0.112. The summed E-state index contributed by atoms with van der Waals surface area (Å²) in [4.78, 5) is 19.3. The number of hydrogen-bond donors (Lipinski definition) is 1. The number of halogens is 1. The van der Waals surface area contributed by atoms with Gasteiger partial charge in [0.1, 0.15) is 12.4 Å². The van der Waals surface area contributed by atoms with Crippen LogP contribution in [-0.2, 0) is 6.61 Å². The van der Waals surface area contributed by atoms with Crippen LogP contribution in [0.5, 0.6) is 5.75 Å². The van der Waals surface area contributed by atoms with Crippen LogP contribution in [0.25, 0.3) is 5.52 Å². The zero-order valence-corrected chi connectivity index (χ0v) is 11.5. The van der Waals surface area contributed by atoms with Crippen LogP contribution in [0.1, 0.15) is 16.3 Å². The zero-order chi connectivity index (χ0) is 14.8. The van der Waals surface area contributed by atoms with Crippen LogP contribution in [0.15, 0.2) is 42.9 Å². The number of carboxylic acids is 1.